The number of nitrogens with one attached hydrogen (secondary N) is 2. The van der Waals surface area contributed by atoms with Crippen molar-refractivity contribution in [1.82, 2.24) is 15.2 Å². The number of carbonyl (C=O) groups excluding carboxylic acids is 2. The fourth-order valence-electron chi connectivity index (χ4n) is 5.94. The molecule has 164 valence electrons. The Morgan fingerprint density at radius 3 is 2.58 bits per heavy atom. The van der Waals surface area contributed by atoms with Crippen molar-refractivity contribution < 1.29 is 9.59 Å². The molecule has 2 aromatic rings. The van der Waals surface area contributed by atoms with Crippen molar-refractivity contribution in [2.24, 2.45) is 5.92 Å². The second-order valence-electron chi connectivity index (χ2n) is 9.30. The minimum absolute atomic E-state index is 0.0599. The molecule has 2 fully saturated rings. The summed E-state index contributed by atoms with van der Waals surface area (Å²) >= 11 is 0. The Labute approximate surface area is 184 Å². The number of H-pyrrole nitrogens is 1. The number of carbonyl (C=O) groups is 2. The summed E-state index contributed by atoms with van der Waals surface area (Å²) in [5, 5.41) is 3.07. The summed E-state index contributed by atoms with van der Waals surface area (Å²) < 4.78 is 0. The van der Waals surface area contributed by atoms with Crippen LogP contribution in [0, 0.1) is 12.8 Å². The van der Waals surface area contributed by atoms with Crippen LogP contribution in [0.1, 0.15) is 53.5 Å². The van der Waals surface area contributed by atoms with Gasteiger partial charge in [-0.2, -0.15) is 0 Å². The largest absolute Gasteiger partial charge is 0.362 e. The summed E-state index contributed by atoms with van der Waals surface area (Å²) in [6.45, 7) is 7.27. The average Bonchev–Trinajstić information content (AvgIpc) is 3.29. The average molecular weight is 421 g/mol. The van der Waals surface area contributed by atoms with E-state index in [2.05, 4.69) is 46.1 Å². The van der Waals surface area contributed by atoms with Crippen LogP contribution in [0.5, 0.6) is 0 Å². The van der Waals surface area contributed by atoms with Gasteiger partial charge in [-0.3, -0.25) is 9.59 Å². The number of anilines is 1. The summed E-state index contributed by atoms with van der Waals surface area (Å²) in [6, 6.07) is 10.2. The van der Waals surface area contributed by atoms with Crippen molar-refractivity contribution in [3.8, 4) is 0 Å². The monoisotopic (exact) mass is 420 g/mol. The standard InChI is InChI=1S/C25H32N4O2/c1-3-20-17(2)27-21-10-9-18(23(30)22(20)21)15-28-13-11-25(12-14-28)24(31)26-16-29(25)19-7-5-4-6-8-19/h4-8,18,27H,3,9-16H2,1-2H3,(H,26,31). The Bertz CT molecular complexity index is 988. The number of fused-ring (bicyclic) bond motifs is 1. The zero-order valence-electron chi connectivity index (χ0n) is 18.5. The van der Waals surface area contributed by atoms with E-state index in [4.69, 9.17) is 0 Å². The highest BCUT2D eigenvalue weighted by Gasteiger charge is 2.50. The molecule has 1 aromatic carbocycles. The number of para-hydroxylation sites is 1. The predicted molar refractivity (Wildman–Crippen MR) is 121 cm³/mol. The van der Waals surface area contributed by atoms with Gasteiger partial charge in [-0.25, -0.2) is 0 Å². The van der Waals surface area contributed by atoms with Gasteiger partial charge in [0.1, 0.15) is 5.54 Å². The quantitative estimate of drug-likeness (QED) is 0.798. The van der Waals surface area contributed by atoms with Crippen LogP contribution in [0.4, 0.5) is 5.69 Å². The lowest BCUT2D eigenvalue weighted by atomic mass is 9.82. The molecule has 3 heterocycles. The Balaban J connectivity index is 1.28. The number of amides is 1. The second kappa shape index (κ2) is 7.83. The smallest absolute Gasteiger partial charge is 0.247 e. The number of aromatic nitrogens is 1. The SMILES string of the molecule is CCc1c(C)[nH]c2c1C(=O)C(CN1CCC3(CC1)C(=O)NCN3c1ccccc1)CC2. The van der Waals surface area contributed by atoms with Crippen LogP contribution >= 0.6 is 0 Å². The number of nitrogens with zero attached hydrogens (tertiary/aromatic N) is 2. The van der Waals surface area contributed by atoms with Gasteiger partial charge in [0, 0.05) is 48.2 Å². The number of aromatic amines is 1. The van der Waals surface area contributed by atoms with Gasteiger partial charge in [0.2, 0.25) is 5.91 Å². The van der Waals surface area contributed by atoms with Gasteiger partial charge in [-0.1, -0.05) is 25.1 Å². The molecule has 1 aliphatic carbocycles. The van der Waals surface area contributed by atoms with Crippen LogP contribution < -0.4 is 10.2 Å². The molecule has 0 bridgehead atoms. The van der Waals surface area contributed by atoms with E-state index in [1.165, 1.54) is 5.56 Å². The number of Topliss-reactive ketones (excluding diaryl/α,β-unsaturated/α-hetero) is 1. The number of hydrogen-bond acceptors (Lipinski definition) is 4. The van der Waals surface area contributed by atoms with Gasteiger partial charge in [-0.05, 0) is 56.7 Å². The molecule has 1 atom stereocenters. The first-order valence-electron chi connectivity index (χ1n) is 11.6. The molecule has 3 aliphatic rings. The van der Waals surface area contributed by atoms with E-state index < -0.39 is 5.54 Å². The van der Waals surface area contributed by atoms with Crippen LogP contribution in [-0.2, 0) is 17.6 Å². The van der Waals surface area contributed by atoms with Crippen LogP contribution in [-0.4, -0.2) is 53.4 Å². The van der Waals surface area contributed by atoms with Crippen LogP contribution in [0.25, 0.3) is 0 Å². The van der Waals surface area contributed by atoms with Gasteiger partial charge in [0.05, 0.1) is 6.67 Å². The number of piperidine rings is 1. The molecule has 1 amide bonds. The second-order valence-corrected chi connectivity index (χ2v) is 9.30. The van der Waals surface area contributed by atoms with E-state index in [0.29, 0.717) is 12.5 Å². The topological polar surface area (TPSA) is 68.4 Å². The van der Waals surface area contributed by atoms with Crippen molar-refractivity contribution in [1.29, 1.82) is 0 Å². The van der Waals surface area contributed by atoms with Crippen LogP contribution in [0.2, 0.25) is 0 Å². The molecular weight excluding hydrogens is 388 g/mol. The molecule has 5 rings (SSSR count). The van der Waals surface area contributed by atoms with Crippen LogP contribution in [0.15, 0.2) is 30.3 Å². The zero-order valence-corrected chi connectivity index (χ0v) is 18.5. The van der Waals surface area contributed by atoms with Gasteiger partial charge in [0.25, 0.3) is 0 Å². The van der Waals surface area contributed by atoms with Gasteiger partial charge < -0.3 is 20.1 Å². The maximum absolute atomic E-state index is 13.3. The third-order valence-electron chi connectivity index (χ3n) is 7.67. The van der Waals surface area contributed by atoms with E-state index in [0.717, 1.165) is 74.4 Å². The molecule has 31 heavy (non-hydrogen) atoms. The first-order chi connectivity index (χ1) is 15.0. The van der Waals surface area contributed by atoms with Gasteiger partial charge in [0.15, 0.2) is 5.78 Å². The maximum atomic E-state index is 13.3. The predicted octanol–water partition coefficient (Wildman–Crippen LogP) is 3.06. The van der Waals surface area contributed by atoms with Gasteiger partial charge in [-0.15, -0.1) is 0 Å². The van der Waals surface area contributed by atoms with E-state index >= 15 is 0 Å². The number of hydrogen-bond donors (Lipinski definition) is 2. The Kier molecular flexibility index (Phi) is 5.13. The summed E-state index contributed by atoms with van der Waals surface area (Å²) in [5.74, 6) is 0.515. The molecule has 1 aromatic heterocycles. The minimum Gasteiger partial charge on any atom is -0.362 e. The normalized spacial score (nSPS) is 23.3. The highest BCUT2D eigenvalue weighted by atomic mass is 16.2. The summed E-state index contributed by atoms with van der Waals surface area (Å²) in [5.41, 5.74) is 5.08. The highest BCUT2D eigenvalue weighted by molar-refractivity contribution is 6.01. The zero-order chi connectivity index (χ0) is 21.6. The Morgan fingerprint density at radius 1 is 1.13 bits per heavy atom. The van der Waals surface area contributed by atoms with Crippen LogP contribution in [0.3, 0.4) is 0 Å². The fraction of sp³-hybridized carbons (Fsp3) is 0.520. The molecular formula is C25H32N4O2. The third-order valence-corrected chi connectivity index (χ3v) is 7.67. The Hall–Kier alpha value is -2.60. The van der Waals surface area contributed by atoms with E-state index in [1.807, 2.05) is 18.2 Å². The molecule has 2 saturated heterocycles. The molecule has 2 aliphatic heterocycles. The first-order valence-corrected chi connectivity index (χ1v) is 11.6. The summed E-state index contributed by atoms with van der Waals surface area (Å²) in [7, 11) is 0. The third kappa shape index (κ3) is 3.28. The number of benzene rings is 1. The molecule has 6 heteroatoms. The van der Waals surface area contributed by atoms with Crippen molar-refractivity contribution >= 4 is 17.4 Å². The number of ketones is 1. The highest BCUT2D eigenvalue weighted by Crippen LogP contribution is 2.37. The minimum atomic E-state index is -0.464. The molecule has 1 unspecified atom stereocenters. The van der Waals surface area contributed by atoms with Crippen molar-refractivity contribution in [3.63, 3.8) is 0 Å². The summed E-state index contributed by atoms with van der Waals surface area (Å²) in [6.07, 6.45) is 4.35. The van der Waals surface area contributed by atoms with E-state index in [9.17, 15) is 9.59 Å². The summed E-state index contributed by atoms with van der Waals surface area (Å²) in [4.78, 5) is 34.3. The van der Waals surface area contributed by atoms with Crippen molar-refractivity contribution in [2.75, 3.05) is 31.2 Å². The molecule has 0 saturated carbocycles. The lowest BCUT2D eigenvalue weighted by molar-refractivity contribution is -0.125. The lowest BCUT2D eigenvalue weighted by Gasteiger charge is -2.44. The van der Waals surface area contributed by atoms with Crippen molar-refractivity contribution in [2.45, 2.75) is 51.5 Å². The van der Waals surface area contributed by atoms with Gasteiger partial charge >= 0.3 is 0 Å². The lowest BCUT2D eigenvalue weighted by Crippen LogP contribution is -2.57. The van der Waals surface area contributed by atoms with E-state index in [1.54, 1.807) is 0 Å². The van der Waals surface area contributed by atoms with Crippen molar-refractivity contribution in [3.05, 3.63) is 52.8 Å². The maximum Gasteiger partial charge on any atom is 0.247 e. The fourth-order valence-corrected chi connectivity index (χ4v) is 5.94. The Morgan fingerprint density at radius 2 is 1.87 bits per heavy atom. The van der Waals surface area contributed by atoms with E-state index in [-0.39, 0.29) is 11.8 Å². The molecule has 2 N–H and O–H groups in total. The number of likely N-dealkylation sites (tertiary alicyclic amines) is 1. The molecule has 1 spiro atoms. The molecule has 6 nitrogen and oxygen atoms in total. The molecule has 0 radical (unpaired) electrons. The number of rotatable bonds is 4. The first kappa shape index (κ1) is 20.3. The number of aryl methyl sites for hydroxylation is 2.